The van der Waals surface area contributed by atoms with Crippen LogP contribution in [0, 0.1) is 0 Å². The maximum Gasteiger partial charge on any atom is 0.0684 e. The highest BCUT2D eigenvalue weighted by Gasteiger charge is 2.22. The molecule has 0 bridgehead atoms. The van der Waals surface area contributed by atoms with Crippen LogP contribution in [0.5, 0.6) is 0 Å². The first-order chi connectivity index (χ1) is 7.97. The highest BCUT2D eigenvalue weighted by atomic mass is 28.3. The molecule has 0 atom stereocenters. The van der Waals surface area contributed by atoms with Crippen molar-refractivity contribution in [2.75, 3.05) is 0 Å². The molecule has 0 amide bonds. The fourth-order valence-corrected chi connectivity index (χ4v) is 2.60. The lowest BCUT2D eigenvalue weighted by molar-refractivity contribution is 0.280. The molecular formula is C15H25OSi. The number of aliphatic hydroxyl groups is 1. The van der Waals surface area contributed by atoms with Crippen LogP contribution in [0.25, 0.3) is 0 Å². The zero-order valence-corrected chi connectivity index (χ0v) is 12.6. The third-order valence-electron chi connectivity index (χ3n) is 3.89. The van der Waals surface area contributed by atoms with Crippen molar-refractivity contribution in [3.8, 4) is 0 Å². The Labute approximate surface area is 107 Å². The van der Waals surface area contributed by atoms with Crippen LogP contribution in [0.4, 0.5) is 0 Å². The van der Waals surface area contributed by atoms with Crippen molar-refractivity contribution in [2.45, 2.75) is 57.8 Å². The topological polar surface area (TPSA) is 20.2 Å². The van der Waals surface area contributed by atoms with Crippen molar-refractivity contribution in [1.82, 2.24) is 0 Å². The van der Waals surface area contributed by atoms with Gasteiger partial charge in [-0.2, -0.15) is 0 Å². The number of hydrogen-bond acceptors (Lipinski definition) is 1. The molecule has 0 saturated carbocycles. The average Bonchev–Trinajstić information content (AvgIpc) is 2.29. The molecule has 1 rings (SSSR count). The molecule has 17 heavy (non-hydrogen) atoms. The highest BCUT2D eigenvalue weighted by Crippen LogP contribution is 2.34. The van der Waals surface area contributed by atoms with Crippen molar-refractivity contribution in [1.29, 1.82) is 0 Å². The van der Waals surface area contributed by atoms with Gasteiger partial charge in [0.25, 0.3) is 0 Å². The number of aryl methyl sites for hydroxylation is 1. The summed E-state index contributed by atoms with van der Waals surface area (Å²) in [6, 6.07) is 8.23. The summed E-state index contributed by atoms with van der Waals surface area (Å²) < 4.78 is 0. The van der Waals surface area contributed by atoms with Crippen molar-refractivity contribution in [3.05, 3.63) is 35.4 Å². The predicted molar refractivity (Wildman–Crippen MR) is 76.8 cm³/mol. The van der Waals surface area contributed by atoms with Crippen LogP contribution in [-0.4, -0.2) is 13.9 Å². The monoisotopic (exact) mass is 249 g/mol. The lowest BCUT2D eigenvalue weighted by Gasteiger charge is -2.28. The second-order valence-electron chi connectivity index (χ2n) is 5.66. The van der Waals surface area contributed by atoms with E-state index in [1.165, 1.54) is 18.4 Å². The standard InChI is InChI=1S/C15H25OSi/c1-15(2,17(3)4)11-7-10-13-8-5-6-9-14(13)12-16/h5-6,8-9,16H,7,10-12H2,1-4H3. The summed E-state index contributed by atoms with van der Waals surface area (Å²) >= 11 is 0. The highest BCUT2D eigenvalue weighted by molar-refractivity contribution is 6.59. The van der Waals surface area contributed by atoms with Gasteiger partial charge in [0, 0.05) is 8.80 Å². The van der Waals surface area contributed by atoms with Gasteiger partial charge in [-0.1, -0.05) is 57.6 Å². The van der Waals surface area contributed by atoms with Gasteiger partial charge < -0.3 is 5.11 Å². The Kier molecular flexibility index (Phi) is 5.41. The minimum Gasteiger partial charge on any atom is -0.392 e. The molecule has 0 saturated heterocycles. The van der Waals surface area contributed by atoms with E-state index in [1.807, 2.05) is 12.1 Å². The zero-order valence-electron chi connectivity index (χ0n) is 11.6. The van der Waals surface area contributed by atoms with Crippen LogP contribution in [0.2, 0.25) is 18.1 Å². The van der Waals surface area contributed by atoms with Crippen LogP contribution in [-0.2, 0) is 13.0 Å². The van der Waals surface area contributed by atoms with E-state index >= 15 is 0 Å². The minimum atomic E-state index is -0.229. The van der Waals surface area contributed by atoms with Gasteiger partial charge in [0.2, 0.25) is 0 Å². The molecular weight excluding hydrogens is 224 g/mol. The third kappa shape index (κ3) is 4.28. The lowest BCUT2D eigenvalue weighted by atomic mass is 9.98. The van der Waals surface area contributed by atoms with Crippen LogP contribution in [0.15, 0.2) is 24.3 Å². The molecule has 95 valence electrons. The van der Waals surface area contributed by atoms with E-state index in [-0.39, 0.29) is 15.4 Å². The van der Waals surface area contributed by atoms with E-state index in [0.29, 0.717) is 5.04 Å². The Morgan fingerprint density at radius 3 is 2.24 bits per heavy atom. The number of hydrogen-bond donors (Lipinski definition) is 1. The van der Waals surface area contributed by atoms with Gasteiger partial charge in [-0.3, -0.25) is 0 Å². The Balaban J connectivity index is 2.51. The van der Waals surface area contributed by atoms with Gasteiger partial charge in [0.05, 0.1) is 6.61 Å². The Bertz CT molecular complexity index is 345. The SMILES string of the molecule is C[Si](C)C(C)(C)CCCc1ccccc1CO. The van der Waals surface area contributed by atoms with Crippen molar-refractivity contribution >= 4 is 8.80 Å². The minimum absolute atomic E-state index is 0.163. The van der Waals surface area contributed by atoms with Gasteiger partial charge in [-0.05, 0) is 29.0 Å². The Morgan fingerprint density at radius 2 is 1.71 bits per heavy atom. The normalized spacial score (nSPS) is 12.1. The molecule has 2 heteroatoms. The summed E-state index contributed by atoms with van der Waals surface area (Å²) in [5.74, 6) is 0. The fourth-order valence-electron chi connectivity index (χ4n) is 1.93. The van der Waals surface area contributed by atoms with Crippen molar-refractivity contribution < 1.29 is 5.11 Å². The van der Waals surface area contributed by atoms with E-state index < -0.39 is 0 Å². The molecule has 0 aromatic heterocycles. The second-order valence-corrected chi connectivity index (χ2v) is 9.02. The number of benzene rings is 1. The fraction of sp³-hybridized carbons (Fsp3) is 0.600. The van der Waals surface area contributed by atoms with Crippen molar-refractivity contribution in [2.24, 2.45) is 0 Å². The van der Waals surface area contributed by atoms with Crippen LogP contribution < -0.4 is 0 Å². The first-order valence-electron chi connectivity index (χ1n) is 6.45. The molecule has 0 aliphatic carbocycles. The summed E-state index contributed by atoms with van der Waals surface area (Å²) in [5, 5.41) is 9.78. The number of aliphatic hydroxyl groups excluding tert-OH is 1. The van der Waals surface area contributed by atoms with E-state index in [9.17, 15) is 5.11 Å². The van der Waals surface area contributed by atoms with Gasteiger partial charge in [0.1, 0.15) is 0 Å². The molecule has 0 aliphatic heterocycles. The lowest BCUT2D eigenvalue weighted by Crippen LogP contribution is -2.20. The maximum absolute atomic E-state index is 9.27. The molecule has 0 heterocycles. The first-order valence-corrected chi connectivity index (χ1v) is 8.95. The van der Waals surface area contributed by atoms with E-state index in [1.54, 1.807) is 0 Å². The average molecular weight is 249 g/mol. The molecule has 1 aromatic carbocycles. The summed E-state index contributed by atoms with van der Waals surface area (Å²) in [6.07, 6.45) is 3.60. The summed E-state index contributed by atoms with van der Waals surface area (Å²) in [6.45, 7) is 9.73. The summed E-state index contributed by atoms with van der Waals surface area (Å²) in [4.78, 5) is 0. The molecule has 0 spiro atoms. The quantitative estimate of drug-likeness (QED) is 0.755. The predicted octanol–water partition coefficient (Wildman–Crippen LogP) is 4.04. The second kappa shape index (κ2) is 6.36. The van der Waals surface area contributed by atoms with Gasteiger partial charge in [0.15, 0.2) is 0 Å². The van der Waals surface area contributed by atoms with E-state index in [0.717, 1.165) is 12.0 Å². The third-order valence-corrected chi connectivity index (χ3v) is 6.85. The molecule has 0 unspecified atom stereocenters. The van der Waals surface area contributed by atoms with E-state index in [2.05, 4.69) is 39.1 Å². The Morgan fingerprint density at radius 1 is 1.12 bits per heavy atom. The van der Waals surface area contributed by atoms with Gasteiger partial charge in [-0.25, -0.2) is 0 Å². The van der Waals surface area contributed by atoms with Crippen LogP contribution in [0.1, 0.15) is 37.8 Å². The van der Waals surface area contributed by atoms with Crippen molar-refractivity contribution in [3.63, 3.8) is 0 Å². The molecule has 0 aliphatic rings. The molecule has 1 nitrogen and oxygen atoms in total. The Hall–Kier alpha value is -0.603. The largest absolute Gasteiger partial charge is 0.392 e. The smallest absolute Gasteiger partial charge is 0.0684 e. The van der Waals surface area contributed by atoms with Crippen LogP contribution in [0.3, 0.4) is 0 Å². The molecule has 1 aromatic rings. The molecule has 1 N–H and O–H groups in total. The van der Waals surface area contributed by atoms with Crippen LogP contribution >= 0.6 is 0 Å². The van der Waals surface area contributed by atoms with Gasteiger partial charge >= 0.3 is 0 Å². The summed E-state index contributed by atoms with van der Waals surface area (Å²) in [7, 11) is -0.229. The van der Waals surface area contributed by atoms with Gasteiger partial charge in [-0.15, -0.1) is 0 Å². The molecule has 0 fully saturated rings. The molecule has 1 radical (unpaired) electrons. The maximum atomic E-state index is 9.27. The summed E-state index contributed by atoms with van der Waals surface area (Å²) in [5.41, 5.74) is 2.40. The van der Waals surface area contributed by atoms with E-state index in [4.69, 9.17) is 0 Å². The zero-order chi connectivity index (χ0) is 12.9. The number of rotatable bonds is 6. The first kappa shape index (κ1) is 14.5.